The Labute approximate surface area is 247 Å². The number of hydrogen-bond acceptors (Lipinski definition) is 8. The largest absolute Gasteiger partial charge is 0.492 e. The van der Waals surface area contributed by atoms with Crippen LogP contribution in [0, 0.1) is 20.8 Å². The third-order valence-electron chi connectivity index (χ3n) is 6.11. The van der Waals surface area contributed by atoms with Crippen molar-refractivity contribution in [3.63, 3.8) is 0 Å². The summed E-state index contributed by atoms with van der Waals surface area (Å²) >= 11 is 1.43. The Balaban J connectivity index is 0.000000629. The van der Waals surface area contributed by atoms with E-state index in [1.165, 1.54) is 29.3 Å². The van der Waals surface area contributed by atoms with Crippen molar-refractivity contribution in [3.05, 3.63) is 94.3 Å². The van der Waals surface area contributed by atoms with Gasteiger partial charge in [-0.1, -0.05) is 74.2 Å². The fourth-order valence-electron chi connectivity index (χ4n) is 3.87. The number of primary amides is 1. The maximum absolute atomic E-state index is 13.2. The summed E-state index contributed by atoms with van der Waals surface area (Å²) in [5, 5.41) is 4.11. The Morgan fingerprint density at radius 2 is 1.56 bits per heavy atom. The van der Waals surface area contributed by atoms with E-state index < -0.39 is 5.91 Å². The maximum atomic E-state index is 13.2. The number of methoxy groups -OCH3 is 1. The van der Waals surface area contributed by atoms with Gasteiger partial charge in [-0.2, -0.15) is 0 Å². The van der Waals surface area contributed by atoms with Crippen LogP contribution in [0.2, 0.25) is 0 Å². The molecule has 0 atom stereocenters. The molecule has 9 nitrogen and oxygen atoms in total. The standard InChI is InChI=1S/C23H32N6O3S.C8H10/c1-13-7-8-14(9-19(13)29(26)12-16(24)21(25)30)22(31)27-17-10-15(23(2,3)4)11-18(28-33-6)20(17)32-5;1-7-4-3-5-8(2)6-7/h7-12,28H,24,26H2,1-6H3,(H2,25,30)(H,27,31);3-6H,1-2H3/b16-12-;. The molecule has 0 fully saturated rings. The lowest BCUT2D eigenvalue weighted by Crippen LogP contribution is -2.30. The highest BCUT2D eigenvalue weighted by Crippen LogP contribution is 2.39. The van der Waals surface area contributed by atoms with Crippen molar-refractivity contribution in [2.45, 2.75) is 47.0 Å². The number of benzene rings is 3. The number of nitrogens with zero attached hydrogens (tertiary/aromatic N) is 1. The lowest BCUT2D eigenvalue weighted by Gasteiger charge is -2.24. The Bertz CT molecular complexity index is 1400. The van der Waals surface area contributed by atoms with Gasteiger partial charge >= 0.3 is 0 Å². The quantitative estimate of drug-likeness (QED) is 0.102. The van der Waals surface area contributed by atoms with E-state index in [4.69, 9.17) is 22.0 Å². The zero-order valence-electron chi connectivity index (χ0n) is 25.1. The molecule has 3 aromatic carbocycles. The molecule has 0 saturated heterocycles. The SMILES string of the molecule is COc1c(NSC)cc(C(C)(C)C)cc1NC(=O)c1ccc(C)c(N(N)/C=C(\N)C(N)=O)c1.Cc1cccc(C)c1. The number of anilines is 3. The molecular weight excluding hydrogens is 536 g/mol. The second-order valence-corrected chi connectivity index (χ2v) is 11.2. The van der Waals surface area contributed by atoms with Gasteiger partial charge < -0.3 is 26.2 Å². The van der Waals surface area contributed by atoms with Gasteiger partial charge in [0.15, 0.2) is 5.75 Å². The molecule has 0 spiro atoms. The molecule has 0 heterocycles. The number of aryl methyl sites for hydroxylation is 3. The fraction of sp³-hybridized carbons (Fsp3) is 0.290. The minimum atomic E-state index is -0.794. The van der Waals surface area contributed by atoms with E-state index in [1.807, 2.05) is 25.3 Å². The molecule has 0 aliphatic heterocycles. The van der Waals surface area contributed by atoms with Crippen LogP contribution in [0.15, 0.2) is 66.5 Å². The predicted molar refractivity (Wildman–Crippen MR) is 172 cm³/mol. The number of nitrogens with two attached hydrogens (primary N) is 3. The number of ether oxygens (including phenoxy) is 1. The number of rotatable bonds is 8. The average molecular weight is 579 g/mol. The van der Waals surface area contributed by atoms with Crippen molar-refractivity contribution in [2.24, 2.45) is 17.3 Å². The Hall–Kier alpha value is -4.15. The molecule has 0 radical (unpaired) electrons. The second kappa shape index (κ2) is 14.5. The van der Waals surface area contributed by atoms with Gasteiger partial charge in [0.25, 0.3) is 11.8 Å². The lowest BCUT2D eigenvalue weighted by molar-refractivity contribution is -0.114. The molecular formula is C31H42N6O3S. The van der Waals surface area contributed by atoms with Crippen molar-refractivity contribution in [3.8, 4) is 5.75 Å². The van der Waals surface area contributed by atoms with E-state index in [9.17, 15) is 9.59 Å². The van der Waals surface area contributed by atoms with E-state index in [0.717, 1.165) is 21.8 Å². The minimum absolute atomic E-state index is 0.148. The number of nitrogens with one attached hydrogen (secondary N) is 2. The molecule has 220 valence electrons. The molecule has 3 aromatic rings. The summed E-state index contributed by atoms with van der Waals surface area (Å²) in [6, 6.07) is 17.4. The van der Waals surface area contributed by atoms with Gasteiger partial charge in [-0.05, 0) is 61.6 Å². The molecule has 41 heavy (non-hydrogen) atoms. The number of carbonyl (C=O) groups excluding carboxylic acids is 2. The summed E-state index contributed by atoms with van der Waals surface area (Å²) < 4.78 is 8.81. The summed E-state index contributed by atoms with van der Waals surface area (Å²) in [5.74, 6) is 5.41. The van der Waals surface area contributed by atoms with Crippen molar-refractivity contribution in [1.82, 2.24) is 0 Å². The zero-order chi connectivity index (χ0) is 30.9. The molecule has 0 aromatic heterocycles. The van der Waals surface area contributed by atoms with Crippen LogP contribution in [0.3, 0.4) is 0 Å². The molecule has 8 N–H and O–H groups in total. The van der Waals surface area contributed by atoms with Gasteiger partial charge in [-0.25, -0.2) is 5.84 Å². The van der Waals surface area contributed by atoms with Gasteiger partial charge in [0.2, 0.25) is 0 Å². The maximum Gasteiger partial charge on any atom is 0.266 e. The van der Waals surface area contributed by atoms with Crippen molar-refractivity contribution in [2.75, 3.05) is 28.4 Å². The highest BCUT2D eigenvalue weighted by atomic mass is 32.2. The number of carbonyl (C=O) groups is 2. The van der Waals surface area contributed by atoms with Crippen LogP contribution in [0.25, 0.3) is 0 Å². The van der Waals surface area contributed by atoms with Crippen LogP contribution in [-0.2, 0) is 10.2 Å². The Kier molecular flexibility index (Phi) is 11.7. The van der Waals surface area contributed by atoms with E-state index in [0.29, 0.717) is 22.7 Å². The molecule has 2 amide bonds. The van der Waals surface area contributed by atoms with Crippen LogP contribution >= 0.6 is 11.9 Å². The van der Waals surface area contributed by atoms with Gasteiger partial charge in [0.1, 0.15) is 5.70 Å². The summed E-state index contributed by atoms with van der Waals surface area (Å²) in [6.07, 6.45) is 3.12. The van der Waals surface area contributed by atoms with Crippen LogP contribution in [0.1, 0.15) is 53.4 Å². The topological polar surface area (TPSA) is 149 Å². The van der Waals surface area contributed by atoms with E-state index in [2.05, 4.69) is 68.9 Å². The zero-order valence-corrected chi connectivity index (χ0v) is 25.9. The molecule has 0 aliphatic rings. The Morgan fingerprint density at radius 3 is 2.05 bits per heavy atom. The monoisotopic (exact) mass is 578 g/mol. The number of hydrazine groups is 1. The summed E-state index contributed by atoms with van der Waals surface area (Å²) in [4.78, 5) is 24.4. The van der Waals surface area contributed by atoms with E-state index in [1.54, 1.807) is 25.3 Å². The lowest BCUT2D eigenvalue weighted by atomic mass is 9.86. The Morgan fingerprint density at radius 1 is 0.951 bits per heavy atom. The van der Waals surface area contributed by atoms with Crippen LogP contribution < -0.4 is 37.1 Å². The molecule has 10 heteroatoms. The predicted octanol–water partition coefficient (Wildman–Crippen LogP) is 5.51. The third kappa shape index (κ3) is 9.47. The number of hydrogen-bond donors (Lipinski definition) is 5. The van der Waals surface area contributed by atoms with Gasteiger partial charge in [-0.15, -0.1) is 0 Å². The van der Waals surface area contributed by atoms with Crippen LogP contribution in [0.5, 0.6) is 5.75 Å². The van der Waals surface area contributed by atoms with Crippen molar-refractivity contribution in [1.29, 1.82) is 0 Å². The normalized spacial score (nSPS) is 11.2. The summed E-state index contributed by atoms with van der Waals surface area (Å²) in [7, 11) is 1.55. The average Bonchev–Trinajstić information content (AvgIpc) is 2.88. The van der Waals surface area contributed by atoms with Gasteiger partial charge in [-0.3, -0.25) is 14.6 Å². The smallest absolute Gasteiger partial charge is 0.266 e. The molecule has 0 aliphatic carbocycles. The first kappa shape index (κ1) is 33.1. The first-order chi connectivity index (χ1) is 19.2. The molecule has 3 rings (SSSR count). The first-order valence-corrected chi connectivity index (χ1v) is 14.2. The minimum Gasteiger partial charge on any atom is -0.492 e. The van der Waals surface area contributed by atoms with Crippen molar-refractivity contribution < 1.29 is 14.3 Å². The van der Waals surface area contributed by atoms with Crippen LogP contribution in [0.4, 0.5) is 17.1 Å². The van der Waals surface area contributed by atoms with Gasteiger partial charge in [0, 0.05) is 18.0 Å². The number of amides is 2. The molecule has 0 unspecified atom stereocenters. The van der Waals surface area contributed by atoms with Crippen LogP contribution in [-0.4, -0.2) is 25.2 Å². The third-order valence-corrected chi connectivity index (χ3v) is 6.53. The summed E-state index contributed by atoms with van der Waals surface area (Å²) in [5.41, 5.74) is 17.0. The molecule has 0 saturated carbocycles. The highest BCUT2D eigenvalue weighted by molar-refractivity contribution is 7.99. The van der Waals surface area contributed by atoms with Crippen molar-refractivity contribution >= 4 is 40.8 Å². The van der Waals surface area contributed by atoms with E-state index >= 15 is 0 Å². The van der Waals surface area contributed by atoms with E-state index in [-0.39, 0.29) is 17.0 Å². The summed E-state index contributed by atoms with van der Waals surface area (Å²) in [6.45, 7) is 12.3. The van der Waals surface area contributed by atoms with Gasteiger partial charge in [0.05, 0.1) is 24.2 Å². The highest BCUT2D eigenvalue weighted by Gasteiger charge is 2.21. The molecule has 0 bridgehead atoms. The fourth-order valence-corrected chi connectivity index (χ4v) is 4.25. The first-order valence-electron chi connectivity index (χ1n) is 13.0. The second-order valence-electron chi connectivity index (χ2n) is 10.6.